The molecule has 0 spiro atoms. The van der Waals surface area contributed by atoms with E-state index < -0.39 is 0 Å². The van der Waals surface area contributed by atoms with Crippen molar-refractivity contribution < 1.29 is 14.0 Å². The molecule has 0 radical (unpaired) electrons. The van der Waals surface area contributed by atoms with E-state index in [-0.39, 0.29) is 18.2 Å². The van der Waals surface area contributed by atoms with Crippen LogP contribution in [0.5, 0.6) is 0 Å². The van der Waals surface area contributed by atoms with E-state index >= 15 is 0 Å². The summed E-state index contributed by atoms with van der Waals surface area (Å²) in [6.07, 6.45) is 2.33. The second-order valence-corrected chi connectivity index (χ2v) is 5.83. The zero-order valence-corrected chi connectivity index (χ0v) is 13.6. The molecule has 1 fully saturated rings. The maximum absolute atomic E-state index is 5.77. The number of nitrogens with one attached hydrogen (secondary N) is 1. The van der Waals surface area contributed by atoms with Crippen molar-refractivity contribution in [2.45, 2.75) is 38.0 Å². The summed E-state index contributed by atoms with van der Waals surface area (Å²) in [6, 6.07) is 9.85. The number of aromatic nitrogens is 2. The summed E-state index contributed by atoms with van der Waals surface area (Å²) >= 11 is 0. The molecule has 124 valence electrons. The van der Waals surface area contributed by atoms with E-state index in [1.165, 1.54) is 0 Å². The highest BCUT2D eigenvalue weighted by Crippen LogP contribution is 2.21. The summed E-state index contributed by atoms with van der Waals surface area (Å²) in [7, 11) is 1.70. The van der Waals surface area contributed by atoms with Crippen LogP contribution in [-0.4, -0.2) is 42.6 Å². The molecule has 3 rings (SSSR count). The Balaban J connectivity index is 1.67. The Hall–Kier alpha value is -1.76. The van der Waals surface area contributed by atoms with E-state index in [1.54, 1.807) is 7.11 Å². The highest BCUT2D eigenvalue weighted by Gasteiger charge is 2.28. The minimum absolute atomic E-state index is 0.0411. The van der Waals surface area contributed by atoms with Gasteiger partial charge in [-0.3, -0.25) is 5.32 Å². The lowest BCUT2D eigenvalue weighted by atomic mass is 10.1. The summed E-state index contributed by atoms with van der Waals surface area (Å²) in [5, 5.41) is 7.61. The van der Waals surface area contributed by atoms with Gasteiger partial charge >= 0.3 is 0 Å². The van der Waals surface area contributed by atoms with Crippen molar-refractivity contribution in [3.63, 3.8) is 0 Å². The number of hydrogen-bond acceptors (Lipinski definition) is 6. The van der Waals surface area contributed by atoms with Crippen LogP contribution in [0.4, 0.5) is 0 Å². The van der Waals surface area contributed by atoms with Gasteiger partial charge in [0, 0.05) is 19.3 Å². The summed E-state index contributed by atoms with van der Waals surface area (Å²) < 4.78 is 16.5. The normalized spacial score (nSPS) is 20.5. The molecule has 6 nitrogen and oxygen atoms in total. The molecule has 2 aromatic rings. The van der Waals surface area contributed by atoms with Crippen LogP contribution >= 0.6 is 0 Å². The monoisotopic (exact) mass is 317 g/mol. The third kappa shape index (κ3) is 3.96. The first-order valence-corrected chi connectivity index (χ1v) is 8.03. The van der Waals surface area contributed by atoms with Crippen molar-refractivity contribution in [2.75, 3.05) is 20.3 Å². The first kappa shape index (κ1) is 16.1. The van der Waals surface area contributed by atoms with Gasteiger partial charge in [0.2, 0.25) is 0 Å². The molecule has 3 atom stereocenters. The van der Waals surface area contributed by atoms with Gasteiger partial charge in [0.1, 0.15) is 0 Å². The van der Waals surface area contributed by atoms with Crippen LogP contribution in [-0.2, 0) is 9.47 Å². The first-order chi connectivity index (χ1) is 11.3. The van der Waals surface area contributed by atoms with Gasteiger partial charge in [-0.25, -0.2) is 0 Å². The van der Waals surface area contributed by atoms with Crippen LogP contribution < -0.4 is 5.32 Å². The molecule has 23 heavy (non-hydrogen) atoms. The fraction of sp³-hybridized carbons (Fsp3) is 0.529. The Labute approximate surface area is 136 Å². The number of rotatable bonds is 7. The maximum atomic E-state index is 5.77. The molecule has 2 heterocycles. The van der Waals surface area contributed by atoms with Crippen LogP contribution in [0.25, 0.3) is 11.5 Å². The van der Waals surface area contributed by atoms with Crippen molar-refractivity contribution in [1.82, 2.24) is 15.5 Å². The highest BCUT2D eigenvalue weighted by atomic mass is 16.5. The smallest absolute Gasteiger partial charge is 0.257 e. The topological polar surface area (TPSA) is 69.4 Å². The molecular formula is C17H23N3O3. The van der Waals surface area contributed by atoms with Crippen molar-refractivity contribution in [1.29, 1.82) is 0 Å². The molecule has 0 saturated carbocycles. The predicted molar refractivity (Wildman–Crippen MR) is 85.9 cm³/mol. The molecule has 1 aromatic carbocycles. The molecule has 1 aromatic heterocycles. The fourth-order valence-corrected chi connectivity index (χ4v) is 2.87. The zero-order chi connectivity index (χ0) is 16.1. The lowest BCUT2D eigenvalue weighted by Crippen LogP contribution is -2.44. The summed E-state index contributed by atoms with van der Waals surface area (Å²) in [4.78, 5) is 4.50. The second-order valence-electron chi connectivity index (χ2n) is 5.83. The predicted octanol–water partition coefficient (Wildman–Crippen LogP) is 2.58. The Morgan fingerprint density at radius 3 is 2.87 bits per heavy atom. The lowest BCUT2D eigenvalue weighted by molar-refractivity contribution is 0.0392. The van der Waals surface area contributed by atoms with Crippen LogP contribution in [0.1, 0.15) is 31.6 Å². The van der Waals surface area contributed by atoms with Gasteiger partial charge in [-0.1, -0.05) is 23.4 Å². The zero-order valence-electron chi connectivity index (χ0n) is 13.6. The molecule has 0 unspecified atom stereocenters. The Kier molecular flexibility index (Phi) is 5.38. The number of nitrogens with zero attached hydrogens (tertiary/aromatic N) is 2. The van der Waals surface area contributed by atoms with Gasteiger partial charge in [-0.2, -0.15) is 4.98 Å². The van der Waals surface area contributed by atoms with Crippen molar-refractivity contribution in [3.05, 3.63) is 36.2 Å². The van der Waals surface area contributed by atoms with Crippen LogP contribution in [0.15, 0.2) is 34.9 Å². The molecule has 0 bridgehead atoms. The molecule has 1 aliphatic rings. The van der Waals surface area contributed by atoms with E-state index in [2.05, 4.69) is 15.5 Å². The lowest BCUT2D eigenvalue weighted by Gasteiger charge is -2.25. The third-order valence-corrected chi connectivity index (χ3v) is 4.07. The van der Waals surface area contributed by atoms with Gasteiger partial charge < -0.3 is 14.0 Å². The van der Waals surface area contributed by atoms with Gasteiger partial charge in [0.15, 0.2) is 5.82 Å². The van der Waals surface area contributed by atoms with Gasteiger partial charge in [-0.05, 0) is 31.9 Å². The van der Waals surface area contributed by atoms with Gasteiger partial charge in [0.25, 0.3) is 5.89 Å². The van der Waals surface area contributed by atoms with Crippen LogP contribution in [0.3, 0.4) is 0 Å². The Morgan fingerprint density at radius 1 is 1.35 bits per heavy atom. The van der Waals surface area contributed by atoms with E-state index in [0.29, 0.717) is 18.3 Å². The number of methoxy groups -OCH3 is 1. The second kappa shape index (κ2) is 7.68. The quantitative estimate of drug-likeness (QED) is 0.846. The molecule has 1 N–H and O–H groups in total. The van der Waals surface area contributed by atoms with Crippen molar-refractivity contribution in [3.8, 4) is 11.5 Å². The average Bonchev–Trinajstić information content (AvgIpc) is 3.27. The highest BCUT2D eigenvalue weighted by molar-refractivity contribution is 5.52. The summed E-state index contributed by atoms with van der Waals surface area (Å²) in [6.45, 7) is 3.44. The standard InChI is InChI=1S/C17H23N3O3/c1-12(18-14(11-21-2)15-9-6-10-22-15)16-19-17(23-20-16)13-7-4-3-5-8-13/h3-5,7-8,12,14-15,18H,6,9-11H2,1-2H3/t12-,14+,15+/m1/s1. The number of ether oxygens (including phenoxy) is 2. The molecule has 0 amide bonds. The number of benzene rings is 1. The van der Waals surface area contributed by atoms with E-state index in [0.717, 1.165) is 25.0 Å². The summed E-state index contributed by atoms with van der Waals surface area (Å²) in [5.74, 6) is 1.18. The van der Waals surface area contributed by atoms with Gasteiger partial charge in [0.05, 0.1) is 24.8 Å². The van der Waals surface area contributed by atoms with E-state index in [1.807, 2.05) is 37.3 Å². The van der Waals surface area contributed by atoms with E-state index in [9.17, 15) is 0 Å². The minimum Gasteiger partial charge on any atom is -0.383 e. The van der Waals surface area contributed by atoms with Crippen LogP contribution in [0.2, 0.25) is 0 Å². The minimum atomic E-state index is -0.0411. The largest absolute Gasteiger partial charge is 0.383 e. The molecular weight excluding hydrogens is 294 g/mol. The van der Waals surface area contributed by atoms with Gasteiger partial charge in [-0.15, -0.1) is 0 Å². The Bertz CT molecular complexity index is 596. The SMILES string of the molecule is COC[C@H](N[C@H](C)c1noc(-c2ccccc2)n1)[C@@H]1CCCO1. The van der Waals surface area contributed by atoms with Crippen molar-refractivity contribution >= 4 is 0 Å². The molecule has 0 aliphatic carbocycles. The Morgan fingerprint density at radius 2 is 2.17 bits per heavy atom. The van der Waals surface area contributed by atoms with E-state index in [4.69, 9.17) is 14.0 Å². The van der Waals surface area contributed by atoms with Crippen molar-refractivity contribution in [2.24, 2.45) is 0 Å². The number of hydrogen-bond donors (Lipinski definition) is 1. The molecule has 6 heteroatoms. The first-order valence-electron chi connectivity index (χ1n) is 8.03. The molecule has 1 aliphatic heterocycles. The average molecular weight is 317 g/mol. The summed E-state index contributed by atoms with van der Waals surface area (Å²) in [5.41, 5.74) is 0.922. The molecule has 1 saturated heterocycles. The third-order valence-electron chi connectivity index (χ3n) is 4.07. The van der Waals surface area contributed by atoms with Crippen LogP contribution in [0, 0.1) is 0 Å². The maximum Gasteiger partial charge on any atom is 0.257 e. The fourth-order valence-electron chi connectivity index (χ4n) is 2.87.